The Morgan fingerprint density at radius 1 is 1.14 bits per heavy atom. The van der Waals surface area contributed by atoms with Crippen molar-refractivity contribution in [2.75, 3.05) is 0 Å². The first kappa shape index (κ1) is 21.6. The zero-order valence-electron chi connectivity index (χ0n) is 18.7. The largest absolute Gasteiger partial charge is 0.393 e. The molecule has 1 N–H and O–H groups in total. The maximum atomic E-state index is 10.0. The minimum absolute atomic E-state index is 0.178. The Morgan fingerprint density at radius 2 is 1.93 bits per heavy atom. The second-order valence-corrected chi connectivity index (χ2v) is 10.4. The molecule has 1 heteroatoms. The zero-order chi connectivity index (χ0) is 20.3. The average Bonchev–Trinajstić information content (AvgIpc) is 2.99. The molecule has 0 spiro atoms. The SMILES string of the molecule is C=C1CC[C@H](O)C/C1=C/C=C1\CCC[C@]2(C)[C@@H](C/C=C/[C@H](C)C(C)C)CC[C@@H]12. The van der Waals surface area contributed by atoms with Crippen molar-refractivity contribution in [1.29, 1.82) is 0 Å². The van der Waals surface area contributed by atoms with E-state index in [0.29, 0.717) is 11.3 Å². The lowest BCUT2D eigenvalue weighted by molar-refractivity contribution is 0.137. The molecule has 0 aromatic heterocycles. The number of rotatable bonds is 5. The summed E-state index contributed by atoms with van der Waals surface area (Å²) in [6.07, 6.45) is 20.0. The van der Waals surface area contributed by atoms with Crippen molar-refractivity contribution in [1.82, 2.24) is 0 Å². The molecule has 3 aliphatic carbocycles. The summed E-state index contributed by atoms with van der Waals surface area (Å²) < 4.78 is 0. The molecule has 3 fully saturated rings. The molecule has 3 aliphatic rings. The predicted molar refractivity (Wildman–Crippen MR) is 121 cm³/mol. The van der Waals surface area contributed by atoms with Crippen LogP contribution in [0.15, 0.2) is 47.6 Å². The molecule has 0 heterocycles. The molecule has 0 radical (unpaired) electrons. The Labute approximate surface area is 173 Å². The van der Waals surface area contributed by atoms with E-state index in [2.05, 4.69) is 58.6 Å². The third-order valence-corrected chi connectivity index (χ3v) is 8.26. The van der Waals surface area contributed by atoms with Gasteiger partial charge in [0.2, 0.25) is 0 Å². The highest BCUT2D eigenvalue weighted by atomic mass is 16.3. The molecule has 156 valence electrons. The quantitative estimate of drug-likeness (QED) is 0.491. The minimum atomic E-state index is -0.178. The first-order valence-electron chi connectivity index (χ1n) is 11.7. The molecule has 0 bridgehead atoms. The van der Waals surface area contributed by atoms with Gasteiger partial charge in [0.05, 0.1) is 6.10 Å². The third kappa shape index (κ3) is 4.73. The fraction of sp³-hybridized carbons (Fsp3) is 0.704. The molecule has 0 aliphatic heterocycles. The smallest absolute Gasteiger partial charge is 0.0583 e. The molecule has 0 aromatic rings. The van der Waals surface area contributed by atoms with Gasteiger partial charge in [0.15, 0.2) is 0 Å². The van der Waals surface area contributed by atoms with E-state index in [9.17, 15) is 5.11 Å². The second kappa shape index (κ2) is 9.16. The van der Waals surface area contributed by atoms with Crippen LogP contribution in [-0.2, 0) is 0 Å². The first-order chi connectivity index (χ1) is 13.3. The highest BCUT2D eigenvalue weighted by molar-refractivity contribution is 5.36. The van der Waals surface area contributed by atoms with Crippen molar-refractivity contribution in [3.63, 3.8) is 0 Å². The van der Waals surface area contributed by atoms with E-state index < -0.39 is 0 Å². The number of allylic oxidation sites excluding steroid dienone is 6. The molecule has 5 atom stereocenters. The number of aliphatic hydroxyl groups is 1. The van der Waals surface area contributed by atoms with Crippen LogP contribution in [0.2, 0.25) is 0 Å². The molecule has 0 saturated heterocycles. The van der Waals surface area contributed by atoms with Crippen LogP contribution >= 0.6 is 0 Å². The van der Waals surface area contributed by atoms with Crippen LogP contribution in [0.1, 0.15) is 85.5 Å². The van der Waals surface area contributed by atoms with Crippen LogP contribution in [0.5, 0.6) is 0 Å². The Kier molecular flexibility index (Phi) is 7.07. The van der Waals surface area contributed by atoms with Crippen molar-refractivity contribution >= 4 is 0 Å². The molecular weight excluding hydrogens is 340 g/mol. The fourth-order valence-corrected chi connectivity index (χ4v) is 5.81. The summed E-state index contributed by atoms with van der Waals surface area (Å²) in [5, 5.41) is 10.0. The Bertz CT molecular complexity index is 649. The number of fused-ring (bicyclic) bond motifs is 1. The van der Waals surface area contributed by atoms with Gasteiger partial charge >= 0.3 is 0 Å². The summed E-state index contributed by atoms with van der Waals surface area (Å²) in [6.45, 7) is 13.8. The van der Waals surface area contributed by atoms with Crippen LogP contribution in [0, 0.1) is 29.1 Å². The van der Waals surface area contributed by atoms with E-state index in [0.717, 1.165) is 37.0 Å². The Hall–Kier alpha value is -1.08. The molecule has 28 heavy (non-hydrogen) atoms. The highest BCUT2D eigenvalue weighted by Gasteiger charge is 2.48. The zero-order valence-corrected chi connectivity index (χ0v) is 18.7. The summed E-state index contributed by atoms with van der Waals surface area (Å²) in [5.74, 6) is 2.99. The number of aliphatic hydroxyl groups excluding tert-OH is 1. The van der Waals surface area contributed by atoms with Gasteiger partial charge in [-0.15, -0.1) is 0 Å². The first-order valence-corrected chi connectivity index (χ1v) is 11.7. The van der Waals surface area contributed by atoms with Crippen molar-refractivity contribution < 1.29 is 5.11 Å². The van der Waals surface area contributed by atoms with Gasteiger partial charge in [-0.05, 0) is 92.4 Å². The summed E-state index contributed by atoms with van der Waals surface area (Å²) >= 11 is 0. The lowest BCUT2D eigenvalue weighted by atomic mass is 9.63. The fourth-order valence-electron chi connectivity index (χ4n) is 5.81. The number of hydrogen-bond donors (Lipinski definition) is 1. The maximum Gasteiger partial charge on any atom is 0.0583 e. The molecule has 0 amide bonds. The third-order valence-electron chi connectivity index (χ3n) is 8.26. The summed E-state index contributed by atoms with van der Waals surface area (Å²) in [6, 6.07) is 0. The number of hydrogen-bond acceptors (Lipinski definition) is 1. The van der Waals surface area contributed by atoms with E-state index in [1.807, 2.05) is 0 Å². The molecule has 0 aromatic carbocycles. The van der Waals surface area contributed by atoms with E-state index in [-0.39, 0.29) is 6.10 Å². The lowest BCUT2D eigenvalue weighted by Crippen LogP contribution is -2.33. The monoisotopic (exact) mass is 382 g/mol. The van der Waals surface area contributed by atoms with Crippen LogP contribution < -0.4 is 0 Å². The maximum absolute atomic E-state index is 10.0. The highest BCUT2D eigenvalue weighted by Crippen LogP contribution is 2.58. The topological polar surface area (TPSA) is 20.2 Å². The van der Waals surface area contributed by atoms with Crippen molar-refractivity contribution in [2.24, 2.45) is 29.1 Å². The van der Waals surface area contributed by atoms with Crippen LogP contribution in [0.3, 0.4) is 0 Å². The second-order valence-electron chi connectivity index (χ2n) is 10.4. The molecule has 0 unspecified atom stereocenters. The average molecular weight is 383 g/mol. The van der Waals surface area contributed by atoms with Gasteiger partial charge in [0, 0.05) is 0 Å². The van der Waals surface area contributed by atoms with E-state index in [1.165, 1.54) is 49.7 Å². The van der Waals surface area contributed by atoms with Gasteiger partial charge in [-0.25, -0.2) is 0 Å². The van der Waals surface area contributed by atoms with Gasteiger partial charge in [-0.1, -0.05) is 69.7 Å². The summed E-state index contributed by atoms with van der Waals surface area (Å²) in [7, 11) is 0. The van der Waals surface area contributed by atoms with Crippen LogP contribution in [-0.4, -0.2) is 11.2 Å². The van der Waals surface area contributed by atoms with E-state index >= 15 is 0 Å². The minimum Gasteiger partial charge on any atom is -0.393 e. The summed E-state index contributed by atoms with van der Waals surface area (Å²) in [4.78, 5) is 0. The van der Waals surface area contributed by atoms with Crippen LogP contribution in [0.4, 0.5) is 0 Å². The van der Waals surface area contributed by atoms with Gasteiger partial charge in [-0.3, -0.25) is 0 Å². The predicted octanol–water partition coefficient (Wildman–Crippen LogP) is 7.40. The van der Waals surface area contributed by atoms with Crippen molar-refractivity contribution in [2.45, 2.75) is 91.6 Å². The van der Waals surface area contributed by atoms with Gasteiger partial charge in [-0.2, -0.15) is 0 Å². The van der Waals surface area contributed by atoms with Crippen molar-refractivity contribution in [3.05, 3.63) is 47.6 Å². The van der Waals surface area contributed by atoms with Crippen molar-refractivity contribution in [3.8, 4) is 0 Å². The Morgan fingerprint density at radius 3 is 2.68 bits per heavy atom. The van der Waals surface area contributed by atoms with Gasteiger partial charge in [0.25, 0.3) is 0 Å². The standard InChI is InChI=1S/C27H42O/c1-19(2)20(3)8-6-10-24-14-16-26-22(9-7-17-27(24,26)5)12-13-23-18-25(28)15-11-21(23)4/h6,8,12-13,19-20,24-26,28H,4,7,9-11,14-18H2,1-3,5H3/b8-6+,22-12+,23-13-/t20-,24-,25-,26-,27+/m0/s1. The molecule has 3 rings (SSSR count). The molecule has 3 saturated carbocycles. The van der Waals surface area contributed by atoms with Gasteiger partial charge < -0.3 is 5.11 Å². The lowest BCUT2D eigenvalue weighted by Gasteiger charge is -2.42. The Balaban J connectivity index is 1.70. The van der Waals surface area contributed by atoms with Crippen LogP contribution in [0.25, 0.3) is 0 Å². The summed E-state index contributed by atoms with van der Waals surface area (Å²) in [5.41, 5.74) is 4.64. The molecular formula is C27H42O. The van der Waals surface area contributed by atoms with E-state index in [1.54, 1.807) is 5.57 Å². The molecule has 1 nitrogen and oxygen atoms in total. The van der Waals surface area contributed by atoms with Gasteiger partial charge in [0.1, 0.15) is 0 Å². The normalized spacial score (nSPS) is 37.9. The van der Waals surface area contributed by atoms with E-state index in [4.69, 9.17) is 0 Å².